The number of nitrogens with one attached hydrogen (secondary N) is 1. The highest BCUT2D eigenvalue weighted by molar-refractivity contribution is 5.08. The fourth-order valence-electron chi connectivity index (χ4n) is 2.62. The molecule has 6 nitrogen and oxygen atoms in total. The normalized spacial score (nSPS) is 19.7. The Labute approximate surface area is 112 Å². The van der Waals surface area contributed by atoms with Crippen molar-refractivity contribution in [1.82, 2.24) is 25.0 Å². The van der Waals surface area contributed by atoms with Gasteiger partial charge < -0.3 is 14.4 Å². The zero-order valence-corrected chi connectivity index (χ0v) is 11.2. The molecule has 0 radical (unpaired) electrons. The number of hydrogen-bond acceptors (Lipinski definition) is 5. The molecule has 0 aromatic carbocycles. The molecule has 1 unspecified atom stereocenters. The average molecular weight is 261 g/mol. The molecular formula is C13H19N5O. The van der Waals surface area contributed by atoms with E-state index in [0.29, 0.717) is 17.6 Å². The van der Waals surface area contributed by atoms with Gasteiger partial charge in [0.05, 0.1) is 6.33 Å². The van der Waals surface area contributed by atoms with Gasteiger partial charge in [-0.05, 0) is 26.3 Å². The molecule has 102 valence electrons. The maximum absolute atomic E-state index is 5.14. The fourth-order valence-corrected chi connectivity index (χ4v) is 2.62. The lowest BCUT2D eigenvalue weighted by Crippen LogP contribution is -2.29. The molecule has 2 aromatic heterocycles. The predicted octanol–water partition coefficient (Wildman–Crippen LogP) is 1.28. The average Bonchev–Trinajstić information content (AvgIpc) is 3.06. The first-order chi connectivity index (χ1) is 9.33. The molecule has 0 spiro atoms. The van der Waals surface area contributed by atoms with E-state index in [2.05, 4.69) is 25.0 Å². The van der Waals surface area contributed by atoms with Crippen molar-refractivity contribution in [3.05, 3.63) is 29.9 Å². The van der Waals surface area contributed by atoms with Crippen molar-refractivity contribution in [2.45, 2.75) is 38.6 Å². The van der Waals surface area contributed by atoms with Crippen LogP contribution in [0.15, 0.2) is 17.0 Å². The van der Waals surface area contributed by atoms with E-state index in [1.54, 1.807) is 0 Å². The predicted molar refractivity (Wildman–Crippen MR) is 69.8 cm³/mol. The van der Waals surface area contributed by atoms with Crippen molar-refractivity contribution in [3.63, 3.8) is 0 Å². The van der Waals surface area contributed by atoms with E-state index in [0.717, 1.165) is 26.1 Å². The van der Waals surface area contributed by atoms with Crippen molar-refractivity contribution in [3.8, 4) is 0 Å². The molecule has 1 saturated heterocycles. The molecule has 2 aromatic rings. The van der Waals surface area contributed by atoms with Crippen molar-refractivity contribution < 1.29 is 4.52 Å². The van der Waals surface area contributed by atoms with Gasteiger partial charge in [0.2, 0.25) is 5.89 Å². The number of aryl methyl sites for hydroxylation is 3. The molecule has 1 N–H and O–H groups in total. The van der Waals surface area contributed by atoms with Crippen LogP contribution in [0.5, 0.6) is 0 Å². The molecule has 1 atom stereocenters. The van der Waals surface area contributed by atoms with Crippen LogP contribution >= 0.6 is 0 Å². The Bertz CT molecular complexity index is 527. The van der Waals surface area contributed by atoms with E-state index in [1.165, 1.54) is 18.5 Å². The minimum atomic E-state index is 0.570. The lowest BCUT2D eigenvalue weighted by molar-refractivity contribution is 0.365. The minimum Gasteiger partial charge on any atom is -0.339 e. The third-order valence-electron chi connectivity index (χ3n) is 3.60. The first-order valence-corrected chi connectivity index (χ1v) is 6.83. The van der Waals surface area contributed by atoms with Gasteiger partial charge in [-0.3, -0.25) is 0 Å². The number of rotatable bonds is 4. The molecule has 0 amide bonds. The van der Waals surface area contributed by atoms with E-state index in [4.69, 9.17) is 4.52 Å². The van der Waals surface area contributed by atoms with Crippen LogP contribution in [0, 0.1) is 6.92 Å². The monoisotopic (exact) mass is 261 g/mol. The maximum atomic E-state index is 5.14. The second-order valence-corrected chi connectivity index (χ2v) is 5.04. The Kier molecular flexibility index (Phi) is 3.59. The topological polar surface area (TPSA) is 68.8 Å². The van der Waals surface area contributed by atoms with Crippen LogP contribution in [-0.4, -0.2) is 32.8 Å². The summed E-state index contributed by atoms with van der Waals surface area (Å²) in [7, 11) is 0. The highest BCUT2D eigenvalue weighted by atomic mass is 16.5. The SMILES string of the molecule is Cc1noc(CCn2cncc2C2CCCNC2)n1. The summed E-state index contributed by atoms with van der Waals surface area (Å²) in [5, 5.41) is 7.25. The van der Waals surface area contributed by atoms with E-state index in [1.807, 2.05) is 19.4 Å². The lowest BCUT2D eigenvalue weighted by atomic mass is 9.96. The van der Waals surface area contributed by atoms with E-state index < -0.39 is 0 Å². The fraction of sp³-hybridized carbons (Fsp3) is 0.615. The van der Waals surface area contributed by atoms with Crippen molar-refractivity contribution in [1.29, 1.82) is 0 Å². The highest BCUT2D eigenvalue weighted by Gasteiger charge is 2.18. The smallest absolute Gasteiger partial charge is 0.228 e. The van der Waals surface area contributed by atoms with Gasteiger partial charge in [0.1, 0.15) is 0 Å². The van der Waals surface area contributed by atoms with Crippen LogP contribution in [0.2, 0.25) is 0 Å². The zero-order chi connectivity index (χ0) is 13.1. The second kappa shape index (κ2) is 5.52. The molecule has 6 heteroatoms. The Morgan fingerprint density at radius 1 is 1.53 bits per heavy atom. The lowest BCUT2D eigenvalue weighted by Gasteiger charge is -2.23. The molecule has 0 saturated carbocycles. The molecule has 3 heterocycles. The summed E-state index contributed by atoms with van der Waals surface area (Å²) in [6, 6.07) is 0. The molecule has 1 aliphatic heterocycles. The molecule has 3 rings (SSSR count). The standard InChI is InChI=1S/C13H19N5O/c1-10-16-13(19-17-10)4-6-18-9-15-8-12(18)11-3-2-5-14-7-11/h8-9,11,14H,2-7H2,1H3. The number of piperidine rings is 1. The summed E-state index contributed by atoms with van der Waals surface area (Å²) >= 11 is 0. The number of imidazole rings is 1. The Morgan fingerprint density at radius 3 is 3.21 bits per heavy atom. The first kappa shape index (κ1) is 12.3. The third-order valence-corrected chi connectivity index (χ3v) is 3.60. The number of aromatic nitrogens is 4. The largest absolute Gasteiger partial charge is 0.339 e. The molecule has 1 aliphatic rings. The van der Waals surface area contributed by atoms with Crippen LogP contribution in [0.25, 0.3) is 0 Å². The molecule has 19 heavy (non-hydrogen) atoms. The Morgan fingerprint density at radius 2 is 2.47 bits per heavy atom. The van der Waals surface area contributed by atoms with E-state index in [9.17, 15) is 0 Å². The summed E-state index contributed by atoms with van der Waals surface area (Å²) in [6.07, 6.45) is 7.10. The third kappa shape index (κ3) is 2.84. The van der Waals surface area contributed by atoms with Crippen molar-refractivity contribution in [2.24, 2.45) is 0 Å². The van der Waals surface area contributed by atoms with Gasteiger partial charge in [-0.2, -0.15) is 4.98 Å². The quantitative estimate of drug-likeness (QED) is 0.898. The molecule has 1 fully saturated rings. The van der Waals surface area contributed by atoms with Crippen molar-refractivity contribution in [2.75, 3.05) is 13.1 Å². The summed E-state index contributed by atoms with van der Waals surface area (Å²) < 4.78 is 7.35. The molecule has 0 aliphatic carbocycles. The van der Waals surface area contributed by atoms with Crippen LogP contribution < -0.4 is 5.32 Å². The maximum Gasteiger partial charge on any atom is 0.228 e. The van der Waals surface area contributed by atoms with Crippen molar-refractivity contribution >= 4 is 0 Å². The summed E-state index contributed by atoms with van der Waals surface area (Å²) in [6.45, 7) is 4.86. The van der Waals surface area contributed by atoms with Gasteiger partial charge in [0, 0.05) is 37.3 Å². The van der Waals surface area contributed by atoms with Gasteiger partial charge >= 0.3 is 0 Å². The minimum absolute atomic E-state index is 0.570. The van der Waals surface area contributed by atoms with Crippen LogP contribution in [0.1, 0.15) is 36.2 Å². The number of hydrogen-bond donors (Lipinski definition) is 1. The molecular weight excluding hydrogens is 242 g/mol. The number of nitrogens with zero attached hydrogens (tertiary/aromatic N) is 4. The van der Waals surface area contributed by atoms with Gasteiger partial charge in [0.25, 0.3) is 0 Å². The van der Waals surface area contributed by atoms with Crippen LogP contribution in [-0.2, 0) is 13.0 Å². The van der Waals surface area contributed by atoms with E-state index >= 15 is 0 Å². The van der Waals surface area contributed by atoms with Gasteiger partial charge in [-0.15, -0.1) is 0 Å². The van der Waals surface area contributed by atoms with Gasteiger partial charge in [0.15, 0.2) is 5.82 Å². The summed E-state index contributed by atoms with van der Waals surface area (Å²) in [4.78, 5) is 8.51. The van der Waals surface area contributed by atoms with Crippen LogP contribution in [0.4, 0.5) is 0 Å². The second-order valence-electron chi connectivity index (χ2n) is 5.04. The summed E-state index contributed by atoms with van der Waals surface area (Å²) in [5.41, 5.74) is 1.31. The van der Waals surface area contributed by atoms with Crippen LogP contribution in [0.3, 0.4) is 0 Å². The summed E-state index contributed by atoms with van der Waals surface area (Å²) in [5.74, 6) is 1.96. The Hall–Kier alpha value is -1.69. The Balaban J connectivity index is 1.66. The van der Waals surface area contributed by atoms with Gasteiger partial charge in [-0.1, -0.05) is 5.16 Å². The first-order valence-electron chi connectivity index (χ1n) is 6.83. The molecule has 0 bridgehead atoms. The zero-order valence-electron chi connectivity index (χ0n) is 11.2. The van der Waals surface area contributed by atoms with Gasteiger partial charge in [-0.25, -0.2) is 4.98 Å². The van der Waals surface area contributed by atoms with E-state index in [-0.39, 0.29) is 0 Å². The highest BCUT2D eigenvalue weighted by Crippen LogP contribution is 2.22.